The molecule has 0 aromatic heterocycles. The average molecular weight is 315 g/mol. The highest BCUT2D eigenvalue weighted by molar-refractivity contribution is 5.96. The Labute approximate surface area is 136 Å². The van der Waals surface area contributed by atoms with Crippen LogP contribution in [0.2, 0.25) is 0 Å². The van der Waals surface area contributed by atoms with Gasteiger partial charge in [0.1, 0.15) is 23.9 Å². The van der Waals surface area contributed by atoms with Gasteiger partial charge < -0.3 is 19.5 Å². The van der Waals surface area contributed by atoms with Gasteiger partial charge in [-0.05, 0) is 48.9 Å². The number of nitrogens with zero attached hydrogens (tertiary/aromatic N) is 1. The van der Waals surface area contributed by atoms with Crippen LogP contribution in [0.4, 0.5) is 0 Å². The van der Waals surface area contributed by atoms with E-state index in [9.17, 15) is 9.90 Å². The molecule has 0 aliphatic carbocycles. The molecule has 2 aromatic carbocycles. The van der Waals surface area contributed by atoms with E-state index >= 15 is 0 Å². The first-order valence-electron chi connectivity index (χ1n) is 7.33. The summed E-state index contributed by atoms with van der Waals surface area (Å²) in [5.41, 5.74) is 1.20. The fourth-order valence-corrected chi connectivity index (χ4v) is 2.10. The van der Waals surface area contributed by atoms with E-state index in [2.05, 4.69) is 0 Å². The predicted octanol–water partition coefficient (Wildman–Crippen LogP) is 2.86. The minimum absolute atomic E-state index is 0.00192. The summed E-state index contributed by atoms with van der Waals surface area (Å²) in [6.07, 6.45) is 0. The van der Waals surface area contributed by atoms with Crippen LogP contribution in [0.5, 0.6) is 17.2 Å². The molecule has 2 aromatic rings. The van der Waals surface area contributed by atoms with E-state index in [4.69, 9.17) is 9.47 Å². The molecule has 0 saturated carbocycles. The standard InChI is InChI=1S/C18H21NO4/c1-13-4-9-16(17(20)12-13)18(21)19(2)10-11-23-15-7-5-14(22-3)6-8-15/h4-9,12,20H,10-11H2,1-3H3. The molecule has 23 heavy (non-hydrogen) atoms. The Bertz CT molecular complexity index is 667. The molecule has 1 N–H and O–H groups in total. The molecule has 1 amide bonds. The number of phenols is 1. The van der Waals surface area contributed by atoms with Gasteiger partial charge >= 0.3 is 0 Å². The quantitative estimate of drug-likeness (QED) is 0.890. The number of hydrogen-bond acceptors (Lipinski definition) is 4. The van der Waals surface area contributed by atoms with Crippen molar-refractivity contribution < 1.29 is 19.4 Å². The number of amides is 1. The molecule has 0 fully saturated rings. The molecular weight excluding hydrogens is 294 g/mol. The smallest absolute Gasteiger partial charge is 0.257 e. The molecule has 5 heteroatoms. The van der Waals surface area contributed by atoms with E-state index in [0.717, 1.165) is 11.3 Å². The zero-order valence-electron chi connectivity index (χ0n) is 13.6. The maximum Gasteiger partial charge on any atom is 0.257 e. The number of likely N-dealkylation sites (N-methyl/N-ethyl adjacent to an activating group) is 1. The Hall–Kier alpha value is -2.69. The van der Waals surface area contributed by atoms with Crippen molar-refractivity contribution in [3.63, 3.8) is 0 Å². The number of aryl methyl sites for hydroxylation is 1. The van der Waals surface area contributed by atoms with Gasteiger partial charge in [-0.1, -0.05) is 6.07 Å². The summed E-state index contributed by atoms with van der Waals surface area (Å²) >= 11 is 0. The third kappa shape index (κ3) is 4.39. The molecule has 0 atom stereocenters. The van der Waals surface area contributed by atoms with E-state index in [1.54, 1.807) is 32.4 Å². The Morgan fingerprint density at radius 3 is 2.39 bits per heavy atom. The number of carbonyl (C=O) groups is 1. The fraction of sp³-hybridized carbons (Fsp3) is 0.278. The van der Waals surface area contributed by atoms with Gasteiger partial charge in [-0.25, -0.2) is 0 Å². The van der Waals surface area contributed by atoms with Crippen LogP contribution < -0.4 is 9.47 Å². The minimum Gasteiger partial charge on any atom is -0.507 e. The molecule has 0 aliphatic heterocycles. The van der Waals surface area contributed by atoms with E-state index < -0.39 is 0 Å². The monoisotopic (exact) mass is 315 g/mol. The molecular formula is C18H21NO4. The summed E-state index contributed by atoms with van der Waals surface area (Å²) in [6, 6.07) is 12.3. The van der Waals surface area contributed by atoms with Crippen LogP contribution >= 0.6 is 0 Å². The maximum absolute atomic E-state index is 12.3. The van der Waals surface area contributed by atoms with Crippen molar-refractivity contribution in [3.8, 4) is 17.2 Å². The molecule has 2 rings (SSSR count). The number of methoxy groups -OCH3 is 1. The van der Waals surface area contributed by atoms with Gasteiger partial charge in [0, 0.05) is 7.05 Å². The van der Waals surface area contributed by atoms with Gasteiger partial charge in [0.25, 0.3) is 5.91 Å². The lowest BCUT2D eigenvalue weighted by atomic mass is 10.1. The lowest BCUT2D eigenvalue weighted by Gasteiger charge is -2.18. The van der Waals surface area contributed by atoms with Crippen LogP contribution in [0.25, 0.3) is 0 Å². The number of carbonyl (C=O) groups excluding carboxylic acids is 1. The van der Waals surface area contributed by atoms with Crippen molar-refractivity contribution in [2.45, 2.75) is 6.92 Å². The van der Waals surface area contributed by atoms with Crippen molar-refractivity contribution in [2.75, 3.05) is 27.3 Å². The maximum atomic E-state index is 12.3. The lowest BCUT2D eigenvalue weighted by molar-refractivity contribution is 0.0771. The van der Waals surface area contributed by atoms with Gasteiger partial charge in [0.2, 0.25) is 0 Å². The summed E-state index contributed by atoms with van der Waals surface area (Å²) in [4.78, 5) is 13.8. The third-order valence-corrected chi connectivity index (χ3v) is 3.49. The number of benzene rings is 2. The van der Waals surface area contributed by atoms with E-state index in [1.165, 1.54) is 4.90 Å². The number of rotatable bonds is 6. The molecule has 5 nitrogen and oxygen atoms in total. The first kappa shape index (κ1) is 16.7. The Morgan fingerprint density at radius 1 is 1.13 bits per heavy atom. The molecule has 0 unspecified atom stereocenters. The summed E-state index contributed by atoms with van der Waals surface area (Å²) in [6.45, 7) is 2.64. The van der Waals surface area contributed by atoms with Gasteiger partial charge in [-0.2, -0.15) is 0 Å². The highest BCUT2D eigenvalue weighted by Crippen LogP contribution is 2.20. The van der Waals surface area contributed by atoms with Crippen molar-refractivity contribution in [3.05, 3.63) is 53.6 Å². The van der Waals surface area contributed by atoms with Crippen molar-refractivity contribution in [2.24, 2.45) is 0 Å². The normalized spacial score (nSPS) is 10.2. The largest absolute Gasteiger partial charge is 0.507 e. The molecule has 0 saturated heterocycles. The molecule has 0 spiro atoms. The van der Waals surface area contributed by atoms with E-state index in [1.807, 2.05) is 31.2 Å². The van der Waals surface area contributed by atoms with Crippen LogP contribution in [0, 0.1) is 6.92 Å². The predicted molar refractivity (Wildman–Crippen MR) is 88.3 cm³/mol. The van der Waals surface area contributed by atoms with Crippen molar-refractivity contribution >= 4 is 5.91 Å². The van der Waals surface area contributed by atoms with Gasteiger partial charge in [0.05, 0.1) is 19.2 Å². The lowest BCUT2D eigenvalue weighted by Crippen LogP contribution is -2.30. The highest BCUT2D eigenvalue weighted by atomic mass is 16.5. The van der Waals surface area contributed by atoms with Gasteiger partial charge in [0.15, 0.2) is 0 Å². The minimum atomic E-state index is -0.235. The third-order valence-electron chi connectivity index (χ3n) is 3.49. The zero-order valence-corrected chi connectivity index (χ0v) is 13.6. The number of aromatic hydroxyl groups is 1. The summed E-state index contributed by atoms with van der Waals surface area (Å²) < 4.78 is 10.7. The Kier molecular flexibility index (Phi) is 5.46. The van der Waals surface area contributed by atoms with Crippen LogP contribution in [0.3, 0.4) is 0 Å². The second-order valence-corrected chi connectivity index (χ2v) is 5.27. The first-order valence-corrected chi connectivity index (χ1v) is 7.33. The van der Waals surface area contributed by atoms with Gasteiger partial charge in [-0.15, -0.1) is 0 Å². The first-order chi connectivity index (χ1) is 11.0. The van der Waals surface area contributed by atoms with Crippen molar-refractivity contribution in [1.82, 2.24) is 4.90 Å². The average Bonchev–Trinajstić information content (AvgIpc) is 2.55. The van der Waals surface area contributed by atoms with E-state index in [0.29, 0.717) is 24.5 Å². The fourth-order valence-electron chi connectivity index (χ4n) is 2.10. The van der Waals surface area contributed by atoms with E-state index in [-0.39, 0.29) is 11.7 Å². The molecule has 122 valence electrons. The molecule has 0 aliphatic rings. The zero-order chi connectivity index (χ0) is 16.8. The SMILES string of the molecule is COc1ccc(OCCN(C)C(=O)c2ccc(C)cc2O)cc1. The summed E-state index contributed by atoms with van der Waals surface area (Å²) in [5.74, 6) is 1.24. The number of phenolic OH excluding ortho intramolecular Hbond substituents is 1. The molecule has 0 bridgehead atoms. The molecule has 0 radical (unpaired) electrons. The van der Waals surface area contributed by atoms with Gasteiger partial charge in [-0.3, -0.25) is 4.79 Å². The van der Waals surface area contributed by atoms with Crippen LogP contribution in [-0.4, -0.2) is 43.2 Å². The highest BCUT2D eigenvalue weighted by Gasteiger charge is 2.15. The summed E-state index contributed by atoms with van der Waals surface area (Å²) in [5, 5.41) is 9.87. The Balaban J connectivity index is 1.88. The molecule has 0 heterocycles. The van der Waals surface area contributed by atoms with Crippen molar-refractivity contribution in [1.29, 1.82) is 0 Å². The number of ether oxygens (including phenoxy) is 2. The Morgan fingerprint density at radius 2 is 1.78 bits per heavy atom. The second kappa shape index (κ2) is 7.54. The van der Waals surface area contributed by atoms with Crippen LogP contribution in [0.1, 0.15) is 15.9 Å². The van der Waals surface area contributed by atoms with Crippen LogP contribution in [0.15, 0.2) is 42.5 Å². The topological polar surface area (TPSA) is 59.0 Å². The summed E-state index contributed by atoms with van der Waals surface area (Å²) in [7, 11) is 3.29. The number of hydrogen-bond donors (Lipinski definition) is 1. The van der Waals surface area contributed by atoms with Crippen LogP contribution in [-0.2, 0) is 0 Å². The second-order valence-electron chi connectivity index (χ2n) is 5.27.